The number of halogens is 1. The molecule has 1 amide bonds. The lowest BCUT2D eigenvalue weighted by atomic mass is 9.96. The highest BCUT2D eigenvalue weighted by molar-refractivity contribution is 6.51. The summed E-state index contributed by atoms with van der Waals surface area (Å²) in [6.07, 6.45) is 3.89. The minimum Gasteiger partial charge on any atom is -0.507 e. The maximum atomic E-state index is 13.9. The summed E-state index contributed by atoms with van der Waals surface area (Å²) >= 11 is 0. The lowest BCUT2D eigenvalue weighted by Crippen LogP contribution is -2.29. The highest BCUT2D eigenvalue weighted by atomic mass is 19.1. The zero-order valence-electron chi connectivity index (χ0n) is 17.4. The van der Waals surface area contributed by atoms with E-state index < -0.39 is 23.5 Å². The third kappa shape index (κ3) is 3.97. The molecule has 2 aromatic carbocycles. The molecule has 0 bridgehead atoms. The second-order valence-corrected chi connectivity index (χ2v) is 7.31. The molecule has 7 heteroatoms. The van der Waals surface area contributed by atoms with Crippen LogP contribution in [0.4, 0.5) is 10.1 Å². The average Bonchev–Trinajstić information content (AvgIpc) is 3.08. The first-order valence-corrected chi connectivity index (χ1v) is 10.2. The maximum Gasteiger partial charge on any atom is 0.300 e. The van der Waals surface area contributed by atoms with E-state index in [1.54, 1.807) is 42.6 Å². The van der Waals surface area contributed by atoms with Gasteiger partial charge in [-0.05, 0) is 48.4 Å². The van der Waals surface area contributed by atoms with E-state index >= 15 is 0 Å². The number of amides is 1. The lowest BCUT2D eigenvalue weighted by molar-refractivity contribution is -0.132. The van der Waals surface area contributed by atoms with Gasteiger partial charge in [-0.15, -0.1) is 0 Å². The van der Waals surface area contributed by atoms with Gasteiger partial charge >= 0.3 is 0 Å². The number of anilines is 1. The van der Waals surface area contributed by atoms with Gasteiger partial charge in [-0.25, -0.2) is 4.39 Å². The summed E-state index contributed by atoms with van der Waals surface area (Å²) in [4.78, 5) is 31.4. The summed E-state index contributed by atoms with van der Waals surface area (Å²) in [6.45, 7) is 2.48. The van der Waals surface area contributed by atoms with Crippen LogP contribution in [0.2, 0.25) is 0 Å². The first-order valence-electron chi connectivity index (χ1n) is 10.2. The van der Waals surface area contributed by atoms with Gasteiger partial charge in [-0.2, -0.15) is 0 Å². The fourth-order valence-electron chi connectivity index (χ4n) is 3.69. The van der Waals surface area contributed by atoms with Crippen LogP contribution in [0.1, 0.15) is 30.5 Å². The molecule has 1 saturated heterocycles. The Kier molecular flexibility index (Phi) is 5.98. The molecule has 6 nitrogen and oxygen atoms in total. The number of pyridine rings is 1. The van der Waals surface area contributed by atoms with Crippen LogP contribution in [0.25, 0.3) is 5.76 Å². The first-order chi connectivity index (χ1) is 15.5. The third-order valence-electron chi connectivity index (χ3n) is 5.11. The fraction of sp³-hybridized carbons (Fsp3) is 0.160. The molecule has 4 rings (SSSR count). The van der Waals surface area contributed by atoms with Gasteiger partial charge in [0.05, 0.1) is 18.2 Å². The molecule has 1 aromatic heterocycles. The van der Waals surface area contributed by atoms with Crippen molar-refractivity contribution in [1.29, 1.82) is 0 Å². The minimum atomic E-state index is -0.967. The lowest BCUT2D eigenvalue weighted by Gasteiger charge is -2.25. The Morgan fingerprint density at radius 3 is 2.66 bits per heavy atom. The summed E-state index contributed by atoms with van der Waals surface area (Å²) in [5.74, 6) is -2.06. The zero-order chi connectivity index (χ0) is 22.7. The summed E-state index contributed by atoms with van der Waals surface area (Å²) in [6, 6.07) is 14.5. The predicted molar refractivity (Wildman–Crippen MR) is 118 cm³/mol. The highest BCUT2D eigenvalue weighted by Gasteiger charge is 2.47. The zero-order valence-corrected chi connectivity index (χ0v) is 17.4. The molecular formula is C25H21FN2O4. The second kappa shape index (κ2) is 9.01. The van der Waals surface area contributed by atoms with Gasteiger partial charge in [0.2, 0.25) is 0 Å². The van der Waals surface area contributed by atoms with Gasteiger partial charge in [0.1, 0.15) is 17.3 Å². The van der Waals surface area contributed by atoms with E-state index in [1.165, 1.54) is 35.4 Å². The number of Topliss-reactive ketones (excluding diaryl/α,β-unsaturated/α-hetero) is 1. The van der Waals surface area contributed by atoms with Crippen LogP contribution in [0, 0.1) is 5.82 Å². The first kappa shape index (κ1) is 21.2. The summed E-state index contributed by atoms with van der Waals surface area (Å²) in [7, 11) is 0. The highest BCUT2D eigenvalue weighted by Crippen LogP contribution is 2.42. The van der Waals surface area contributed by atoms with Gasteiger partial charge in [0.15, 0.2) is 0 Å². The smallest absolute Gasteiger partial charge is 0.300 e. The van der Waals surface area contributed by atoms with E-state index in [1.807, 2.05) is 6.92 Å². The van der Waals surface area contributed by atoms with Gasteiger partial charge < -0.3 is 9.84 Å². The SMILES string of the molecule is CCCOc1cccc(/C(O)=C2\C(=O)C(=O)N(c3cccc(F)c3)C2c2cccnc2)c1. The molecule has 1 N–H and O–H groups in total. The Labute approximate surface area is 184 Å². The van der Waals surface area contributed by atoms with E-state index in [2.05, 4.69) is 4.98 Å². The van der Waals surface area contributed by atoms with Crippen LogP contribution < -0.4 is 9.64 Å². The quantitative estimate of drug-likeness (QED) is 0.349. The molecule has 2 heterocycles. The van der Waals surface area contributed by atoms with Crippen LogP contribution in [0.3, 0.4) is 0 Å². The van der Waals surface area contributed by atoms with Crippen molar-refractivity contribution in [2.24, 2.45) is 0 Å². The molecule has 0 spiro atoms. The molecule has 1 fully saturated rings. The van der Waals surface area contributed by atoms with Gasteiger partial charge in [-0.1, -0.05) is 31.2 Å². The summed E-state index contributed by atoms with van der Waals surface area (Å²) in [5, 5.41) is 11.1. The molecular weight excluding hydrogens is 411 g/mol. The fourth-order valence-corrected chi connectivity index (χ4v) is 3.69. The number of aliphatic hydroxyl groups is 1. The third-order valence-corrected chi connectivity index (χ3v) is 5.11. The molecule has 1 aliphatic rings. The molecule has 3 aromatic rings. The van der Waals surface area contributed by atoms with Gasteiger partial charge in [0, 0.05) is 23.6 Å². The Hall–Kier alpha value is -4.00. The molecule has 0 radical (unpaired) electrons. The largest absolute Gasteiger partial charge is 0.507 e. The number of carbonyl (C=O) groups is 2. The molecule has 1 unspecified atom stereocenters. The van der Waals surface area contributed by atoms with Gasteiger partial charge in [0.25, 0.3) is 11.7 Å². The van der Waals surface area contributed by atoms with Crippen molar-refractivity contribution in [2.75, 3.05) is 11.5 Å². The minimum absolute atomic E-state index is 0.0973. The van der Waals surface area contributed by atoms with Crippen LogP contribution in [-0.4, -0.2) is 28.4 Å². The van der Waals surface area contributed by atoms with Crippen molar-refractivity contribution >= 4 is 23.1 Å². The summed E-state index contributed by atoms with van der Waals surface area (Å²) in [5.41, 5.74) is 0.959. The van der Waals surface area contributed by atoms with E-state index in [0.29, 0.717) is 23.5 Å². The number of aliphatic hydroxyl groups excluding tert-OH is 1. The number of rotatable bonds is 6. The number of aromatic nitrogens is 1. The van der Waals surface area contributed by atoms with Crippen LogP contribution >= 0.6 is 0 Å². The van der Waals surface area contributed by atoms with Gasteiger partial charge in [-0.3, -0.25) is 19.5 Å². The van der Waals surface area contributed by atoms with Crippen molar-refractivity contribution in [1.82, 2.24) is 4.98 Å². The Morgan fingerprint density at radius 1 is 1.12 bits per heavy atom. The Bertz CT molecular complexity index is 1190. The van der Waals surface area contributed by atoms with Crippen molar-refractivity contribution in [2.45, 2.75) is 19.4 Å². The van der Waals surface area contributed by atoms with Crippen LogP contribution in [-0.2, 0) is 9.59 Å². The summed E-state index contributed by atoms with van der Waals surface area (Å²) < 4.78 is 19.6. The Balaban J connectivity index is 1.88. The normalized spacial score (nSPS) is 17.6. The molecule has 0 aliphatic carbocycles. The number of hydrogen-bond donors (Lipinski definition) is 1. The van der Waals surface area contributed by atoms with E-state index in [4.69, 9.17) is 4.74 Å². The standard InChI is InChI=1S/C25H21FN2O4/c1-2-12-32-20-10-3-6-16(13-20)23(29)21-22(17-7-5-11-27-15-17)28(25(31)24(21)30)19-9-4-8-18(26)14-19/h3-11,13-15,22,29H,2,12H2,1H3/b23-21+. The second-order valence-electron chi connectivity index (χ2n) is 7.31. The van der Waals surface area contributed by atoms with Crippen LogP contribution in [0.5, 0.6) is 5.75 Å². The molecule has 32 heavy (non-hydrogen) atoms. The van der Waals surface area contributed by atoms with Crippen LogP contribution in [0.15, 0.2) is 78.6 Å². The Morgan fingerprint density at radius 2 is 1.94 bits per heavy atom. The van der Waals surface area contributed by atoms with Crippen molar-refractivity contribution < 1.29 is 23.8 Å². The average molecular weight is 432 g/mol. The van der Waals surface area contributed by atoms with E-state index in [9.17, 15) is 19.1 Å². The monoisotopic (exact) mass is 432 g/mol. The number of hydrogen-bond acceptors (Lipinski definition) is 5. The molecule has 1 aliphatic heterocycles. The van der Waals surface area contributed by atoms with E-state index in [-0.39, 0.29) is 17.0 Å². The predicted octanol–water partition coefficient (Wildman–Crippen LogP) is 4.64. The number of ether oxygens (including phenoxy) is 1. The van der Waals surface area contributed by atoms with E-state index in [0.717, 1.165) is 6.42 Å². The van der Waals surface area contributed by atoms with Crippen molar-refractivity contribution in [3.05, 3.63) is 95.6 Å². The number of carbonyl (C=O) groups excluding carboxylic acids is 2. The van der Waals surface area contributed by atoms with Crippen molar-refractivity contribution in [3.8, 4) is 5.75 Å². The molecule has 162 valence electrons. The van der Waals surface area contributed by atoms with Crippen molar-refractivity contribution in [3.63, 3.8) is 0 Å². The number of nitrogens with zero attached hydrogens (tertiary/aromatic N) is 2. The topological polar surface area (TPSA) is 79.7 Å². The molecule has 1 atom stereocenters. The number of benzene rings is 2. The maximum absolute atomic E-state index is 13.9. The molecule has 0 saturated carbocycles. The number of ketones is 1.